The van der Waals surface area contributed by atoms with Gasteiger partial charge in [0.05, 0.1) is 11.1 Å². The minimum atomic E-state index is -1.00. The van der Waals surface area contributed by atoms with Crippen LogP contribution in [0.2, 0.25) is 0 Å². The number of carboxylic acid groups (broad SMARTS) is 2. The Morgan fingerprint density at radius 3 is 1.73 bits per heavy atom. The van der Waals surface area contributed by atoms with E-state index in [-0.39, 0.29) is 23.0 Å². The van der Waals surface area contributed by atoms with E-state index in [0.717, 1.165) is 6.42 Å². The van der Waals surface area contributed by atoms with Gasteiger partial charge in [-0.1, -0.05) is 0 Å². The van der Waals surface area contributed by atoms with Crippen LogP contribution in [-0.2, 0) is 9.59 Å². The van der Waals surface area contributed by atoms with Crippen molar-refractivity contribution in [3.05, 3.63) is 11.1 Å². The molecule has 0 aliphatic heterocycles. The maximum atomic E-state index is 11.1. The zero-order valence-electron chi connectivity index (χ0n) is 7.88. The van der Waals surface area contributed by atoms with Crippen molar-refractivity contribution in [2.24, 2.45) is 35.5 Å². The molecule has 2 unspecified atom stereocenters. The molecule has 4 heteroatoms. The largest absolute Gasteiger partial charge is 0.478 e. The Kier molecular flexibility index (Phi) is 1.03. The lowest BCUT2D eigenvalue weighted by molar-refractivity contribution is -0.136. The number of aliphatic carboxylic acids is 2. The summed E-state index contributed by atoms with van der Waals surface area (Å²) < 4.78 is 0. The summed E-state index contributed by atoms with van der Waals surface area (Å²) in [6, 6.07) is 0. The van der Waals surface area contributed by atoms with E-state index in [4.69, 9.17) is 10.2 Å². The molecule has 0 saturated heterocycles. The van der Waals surface area contributed by atoms with Crippen molar-refractivity contribution in [1.82, 2.24) is 0 Å². The van der Waals surface area contributed by atoms with Gasteiger partial charge in [-0.05, 0) is 41.9 Å². The van der Waals surface area contributed by atoms with Crippen molar-refractivity contribution >= 4 is 11.9 Å². The number of hydrogen-bond donors (Lipinski definition) is 2. The molecule has 78 valence electrons. The van der Waals surface area contributed by atoms with E-state index >= 15 is 0 Å². The summed E-state index contributed by atoms with van der Waals surface area (Å²) in [6.45, 7) is 0. The van der Waals surface area contributed by atoms with Crippen molar-refractivity contribution in [3.8, 4) is 0 Å². The first-order valence-electron chi connectivity index (χ1n) is 5.33. The predicted octanol–water partition coefficient (Wildman–Crippen LogP) is 0.594. The molecule has 15 heavy (non-hydrogen) atoms. The van der Waals surface area contributed by atoms with Crippen LogP contribution in [0.25, 0.3) is 0 Å². The Bertz CT molecular complexity index is 412. The molecule has 4 saturated carbocycles. The highest BCUT2D eigenvalue weighted by Crippen LogP contribution is 2.81. The van der Waals surface area contributed by atoms with Gasteiger partial charge in [0.15, 0.2) is 0 Å². The molecule has 4 fully saturated rings. The van der Waals surface area contributed by atoms with Crippen LogP contribution >= 0.6 is 0 Å². The highest BCUT2D eigenvalue weighted by molar-refractivity contribution is 6.02. The lowest BCUT2D eigenvalue weighted by Gasteiger charge is -2.12. The Morgan fingerprint density at radius 2 is 1.40 bits per heavy atom. The fourth-order valence-corrected chi connectivity index (χ4v) is 4.84. The predicted molar refractivity (Wildman–Crippen MR) is 47.9 cm³/mol. The SMILES string of the molecule is O=C(O)C1=C(C(=O)O)[C@H]2C3CC4[C@H]([C@@H]42)[C@H]13. The third kappa shape index (κ3) is 0.610. The molecule has 0 radical (unpaired) electrons. The zero-order chi connectivity index (χ0) is 10.5. The number of carboxylic acids is 2. The van der Waals surface area contributed by atoms with E-state index in [2.05, 4.69) is 0 Å². The van der Waals surface area contributed by atoms with Crippen LogP contribution in [-0.4, -0.2) is 22.2 Å². The summed E-state index contributed by atoms with van der Waals surface area (Å²) in [5, 5.41) is 18.2. The van der Waals surface area contributed by atoms with Gasteiger partial charge in [0.2, 0.25) is 0 Å². The lowest BCUT2D eigenvalue weighted by Crippen LogP contribution is -2.18. The van der Waals surface area contributed by atoms with Gasteiger partial charge in [-0.25, -0.2) is 9.59 Å². The van der Waals surface area contributed by atoms with Gasteiger partial charge < -0.3 is 10.2 Å². The van der Waals surface area contributed by atoms with Crippen molar-refractivity contribution < 1.29 is 19.8 Å². The van der Waals surface area contributed by atoms with Gasteiger partial charge in [0, 0.05) is 0 Å². The Hall–Kier alpha value is -1.32. The minimum Gasteiger partial charge on any atom is -0.478 e. The highest BCUT2D eigenvalue weighted by Gasteiger charge is 2.79. The summed E-state index contributed by atoms with van der Waals surface area (Å²) in [6.07, 6.45) is 1.07. The van der Waals surface area contributed by atoms with Crippen molar-refractivity contribution in [2.75, 3.05) is 0 Å². The first kappa shape index (κ1) is 7.91. The second-order valence-corrected chi connectivity index (χ2v) is 5.21. The topological polar surface area (TPSA) is 74.6 Å². The first-order chi connectivity index (χ1) is 7.13. The Morgan fingerprint density at radius 1 is 0.933 bits per heavy atom. The molecule has 6 atom stereocenters. The molecule has 0 aromatic rings. The third-order valence-electron chi connectivity index (χ3n) is 5.01. The standard InChI is InChI=1S/C11H10O4/c12-10(13)8-6-3-1-2-4(6)5(2)7(3)9(8)11(14)15/h2-7H,1H2,(H,12,13)(H,14,15)/t2?,3?,4-,5-,6-,7+/m1/s1. The van der Waals surface area contributed by atoms with Crippen LogP contribution in [0.3, 0.4) is 0 Å². The summed E-state index contributed by atoms with van der Waals surface area (Å²) in [4.78, 5) is 22.2. The van der Waals surface area contributed by atoms with Crippen LogP contribution in [0.15, 0.2) is 11.1 Å². The average molecular weight is 206 g/mol. The van der Waals surface area contributed by atoms with Gasteiger partial charge in [0.1, 0.15) is 0 Å². The van der Waals surface area contributed by atoms with Crippen molar-refractivity contribution in [3.63, 3.8) is 0 Å². The summed E-state index contributed by atoms with van der Waals surface area (Å²) in [7, 11) is 0. The summed E-state index contributed by atoms with van der Waals surface area (Å²) in [5.41, 5.74) is 0.470. The normalized spacial score (nSPS) is 52.5. The lowest BCUT2D eigenvalue weighted by atomic mass is 9.92. The molecule has 0 amide bonds. The maximum Gasteiger partial charge on any atom is 0.332 e. The first-order valence-corrected chi connectivity index (χ1v) is 5.33. The quantitative estimate of drug-likeness (QED) is 0.693. The zero-order valence-corrected chi connectivity index (χ0v) is 7.88. The molecule has 6 bridgehead atoms. The molecule has 5 aliphatic rings. The molecule has 5 aliphatic carbocycles. The van der Waals surface area contributed by atoms with Crippen molar-refractivity contribution in [2.45, 2.75) is 6.42 Å². The van der Waals surface area contributed by atoms with Crippen LogP contribution in [0, 0.1) is 35.5 Å². The Balaban J connectivity index is 1.92. The third-order valence-corrected chi connectivity index (χ3v) is 5.01. The van der Waals surface area contributed by atoms with Gasteiger partial charge >= 0.3 is 11.9 Å². The van der Waals surface area contributed by atoms with E-state index in [9.17, 15) is 9.59 Å². The number of hydrogen-bond acceptors (Lipinski definition) is 2. The van der Waals surface area contributed by atoms with Crippen LogP contribution in [0.5, 0.6) is 0 Å². The monoisotopic (exact) mass is 206 g/mol. The smallest absolute Gasteiger partial charge is 0.332 e. The molecular formula is C11H10O4. The Labute approximate surface area is 85.6 Å². The van der Waals surface area contributed by atoms with E-state index in [1.54, 1.807) is 0 Å². The molecule has 0 aromatic heterocycles. The fraction of sp³-hybridized carbons (Fsp3) is 0.636. The fourth-order valence-electron chi connectivity index (χ4n) is 4.84. The number of rotatable bonds is 2. The molecule has 0 spiro atoms. The summed E-state index contributed by atoms with van der Waals surface area (Å²) in [5.74, 6) is 0.191. The van der Waals surface area contributed by atoms with Crippen LogP contribution in [0.4, 0.5) is 0 Å². The molecular weight excluding hydrogens is 196 g/mol. The second-order valence-electron chi connectivity index (χ2n) is 5.21. The van der Waals surface area contributed by atoms with Gasteiger partial charge in [-0.2, -0.15) is 0 Å². The average Bonchev–Trinajstić information content (AvgIpc) is 2.55. The summed E-state index contributed by atoms with van der Waals surface area (Å²) >= 11 is 0. The molecule has 4 nitrogen and oxygen atoms in total. The van der Waals surface area contributed by atoms with E-state index in [1.165, 1.54) is 0 Å². The van der Waals surface area contributed by atoms with E-state index in [0.29, 0.717) is 23.7 Å². The number of carbonyl (C=O) groups is 2. The molecule has 5 rings (SSSR count). The maximum absolute atomic E-state index is 11.1. The molecule has 2 N–H and O–H groups in total. The van der Waals surface area contributed by atoms with Crippen LogP contribution < -0.4 is 0 Å². The highest BCUT2D eigenvalue weighted by atomic mass is 16.4. The minimum absolute atomic E-state index is 0.0774. The molecule has 0 heterocycles. The van der Waals surface area contributed by atoms with Gasteiger partial charge in [-0.15, -0.1) is 0 Å². The second kappa shape index (κ2) is 1.96. The van der Waals surface area contributed by atoms with E-state index < -0.39 is 11.9 Å². The van der Waals surface area contributed by atoms with E-state index in [1.807, 2.05) is 0 Å². The van der Waals surface area contributed by atoms with Crippen LogP contribution in [0.1, 0.15) is 6.42 Å². The van der Waals surface area contributed by atoms with Gasteiger partial charge in [-0.3, -0.25) is 0 Å². The molecule has 0 aromatic carbocycles. The van der Waals surface area contributed by atoms with Gasteiger partial charge in [0.25, 0.3) is 0 Å². The van der Waals surface area contributed by atoms with Crippen molar-refractivity contribution in [1.29, 1.82) is 0 Å².